The summed E-state index contributed by atoms with van der Waals surface area (Å²) in [6, 6.07) is 2.04. The highest BCUT2D eigenvalue weighted by molar-refractivity contribution is 5.10. The summed E-state index contributed by atoms with van der Waals surface area (Å²) >= 11 is 0. The van der Waals surface area contributed by atoms with Crippen molar-refractivity contribution in [1.29, 1.82) is 0 Å². The summed E-state index contributed by atoms with van der Waals surface area (Å²) in [5.41, 5.74) is 0.971. The van der Waals surface area contributed by atoms with Crippen molar-refractivity contribution >= 4 is 0 Å². The van der Waals surface area contributed by atoms with E-state index < -0.39 is 0 Å². The fraction of sp³-hybridized carbons (Fsp3) is 0.400. The Morgan fingerprint density at radius 3 is 3.08 bits per heavy atom. The van der Waals surface area contributed by atoms with E-state index in [-0.39, 0.29) is 6.04 Å². The topological polar surface area (TPSA) is 37.8 Å². The third-order valence-corrected chi connectivity index (χ3v) is 1.77. The number of aromatic nitrogens is 2. The summed E-state index contributed by atoms with van der Waals surface area (Å²) in [4.78, 5) is 8.03. The van der Waals surface area contributed by atoms with Crippen molar-refractivity contribution in [3.63, 3.8) is 0 Å². The van der Waals surface area contributed by atoms with Crippen LogP contribution in [0, 0.1) is 0 Å². The van der Waals surface area contributed by atoms with Gasteiger partial charge >= 0.3 is 0 Å². The van der Waals surface area contributed by atoms with Crippen LogP contribution in [0.5, 0.6) is 0 Å². The number of hydrogen-bond acceptors (Lipinski definition) is 3. The molecule has 1 N–H and O–H groups in total. The second kappa shape index (κ2) is 5.43. The van der Waals surface area contributed by atoms with Crippen LogP contribution >= 0.6 is 0 Å². The minimum absolute atomic E-state index is 0.142. The van der Waals surface area contributed by atoms with Crippen LogP contribution in [0.1, 0.15) is 25.1 Å². The molecule has 1 atom stereocenters. The van der Waals surface area contributed by atoms with Gasteiger partial charge in [-0.15, -0.1) is 6.58 Å². The van der Waals surface area contributed by atoms with E-state index in [0.717, 1.165) is 18.7 Å². The summed E-state index contributed by atoms with van der Waals surface area (Å²) in [7, 11) is 0. The maximum atomic E-state index is 4.16. The van der Waals surface area contributed by atoms with Gasteiger partial charge in [-0.05, 0) is 19.0 Å². The summed E-state index contributed by atoms with van der Waals surface area (Å²) in [5, 5.41) is 3.33. The van der Waals surface area contributed by atoms with Gasteiger partial charge in [0, 0.05) is 6.20 Å². The highest BCUT2D eigenvalue weighted by Gasteiger charge is 2.05. The number of rotatable bonds is 5. The number of nitrogens with zero attached hydrogens (tertiary/aromatic N) is 2. The lowest BCUT2D eigenvalue weighted by Crippen LogP contribution is -2.21. The van der Waals surface area contributed by atoms with Gasteiger partial charge in [-0.1, -0.05) is 13.0 Å². The van der Waals surface area contributed by atoms with Gasteiger partial charge in [0.2, 0.25) is 0 Å². The van der Waals surface area contributed by atoms with Crippen molar-refractivity contribution in [2.24, 2.45) is 0 Å². The molecule has 0 saturated carbocycles. The lowest BCUT2D eigenvalue weighted by molar-refractivity contribution is 0.600. The molecule has 13 heavy (non-hydrogen) atoms. The Morgan fingerprint density at radius 1 is 1.69 bits per heavy atom. The summed E-state index contributed by atoms with van der Waals surface area (Å²) in [6.45, 7) is 6.87. The predicted molar refractivity (Wildman–Crippen MR) is 53.3 cm³/mol. The van der Waals surface area contributed by atoms with E-state index in [1.165, 1.54) is 0 Å². The molecular weight excluding hydrogens is 162 g/mol. The third-order valence-electron chi connectivity index (χ3n) is 1.77. The molecule has 70 valence electrons. The lowest BCUT2D eigenvalue weighted by Gasteiger charge is -2.12. The van der Waals surface area contributed by atoms with E-state index in [0.29, 0.717) is 0 Å². The molecule has 0 fully saturated rings. The average Bonchev–Trinajstić information content (AvgIpc) is 2.21. The van der Waals surface area contributed by atoms with Gasteiger partial charge in [-0.3, -0.25) is 0 Å². The monoisotopic (exact) mass is 177 g/mol. The number of nitrogens with one attached hydrogen (secondary N) is 1. The van der Waals surface area contributed by atoms with Crippen LogP contribution in [0.4, 0.5) is 0 Å². The molecule has 0 radical (unpaired) electrons. The fourth-order valence-electron chi connectivity index (χ4n) is 1.09. The zero-order chi connectivity index (χ0) is 9.52. The predicted octanol–water partition coefficient (Wildman–Crippen LogP) is 1.70. The van der Waals surface area contributed by atoms with Gasteiger partial charge in [0.05, 0.1) is 11.7 Å². The molecule has 0 amide bonds. The van der Waals surface area contributed by atoms with Gasteiger partial charge in [0.15, 0.2) is 0 Å². The Balaban J connectivity index is 2.61. The summed E-state index contributed by atoms with van der Waals surface area (Å²) in [5.74, 6) is 0. The normalized spacial score (nSPS) is 12.4. The molecule has 0 aromatic carbocycles. The minimum Gasteiger partial charge on any atom is -0.305 e. The quantitative estimate of drug-likeness (QED) is 0.696. The molecule has 3 heteroatoms. The van der Waals surface area contributed by atoms with Gasteiger partial charge in [0.25, 0.3) is 0 Å². The summed E-state index contributed by atoms with van der Waals surface area (Å²) < 4.78 is 0. The van der Waals surface area contributed by atoms with Crippen LogP contribution in [0.15, 0.2) is 31.2 Å². The van der Waals surface area contributed by atoms with Crippen LogP contribution in [0.25, 0.3) is 0 Å². The molecule has 1 aromatic rings. The van der Waals surface area contributed by atoms with Crippen molar-refractivity contribution in [2.45, 2.75) is 19.4 Å². The smallest absolute Gasteiger partial charge is 0.115 e. The van der Waals surface area contributed by atoms with Crippen molar-refractivity contribution < 1.29 is 0 Å². The Labute approximate surface area is 78.9 Å². The van der Waals surface area contributed by atoms with Crippen LogP contribution < -0.4 is 5.32 Å². The first kappa shape index (κ1) is 9.86. The first-order chi connectivity index (χ1) is 6.38. The Bertz CT molecular complexity index is 246. The Kier molecular flexibility index (Phi) is 4.12. The van der Waals surface area contributed by atoms with Gasteiger partial charge < -0.3 is 5.32 Å². The Morgan fingerprint density at radius 2 is 2.54 bits per heavy atom. The highest BCUT2D eigenvalue weighted by atomic mass is 14.9. The van der Waals surface area contributed by atoms with Gasteiger partial charge in [-0.2, -0.15) is 0 Å². The summed E-state index contributed by atoms with van der Waals surface area (Å²) in [6.07, 6.45) is 6.26. The van der Waals surface area contributed by atoms with Crippen molar-refractivity contribution in [3.8, 4) is 0 Å². The third kappa shape index (κ3) is 2.95. The Hall–Kier alpha value is -1.22. The van der Waals surface area contributed by atoms with E-state index in [9.17, 15) is 0 Å². The van der Waals surface area contributed by atoms with Gasteiger partial charge in [-0.25, -0.2) is 9.97 Å². The van der Waals surface area contributed by atoms with E-state index >= 15 is 0 Å². The van der Waals surface area contributed by atoms with E-state index in [4.69, 9.17) is 0 Å². The van der Waals surface area contributed by atoms with Crippen LogP contribution in [0.3, 0.4) is 0 Å². The second-order valence-corrected chi connectivity index (χ2v) is 2.80. The van der Waals surface area contributed by atoms with Gasteiger partial charge in [0.1, 0.15) is 6.33 Å². The maximum Gasteiger partial charge on any atom is 0.115 e. The fourth-order valence-corrected chi connectivity index (χ4v) is 1.09. The van der Waals surface area contributed by atoms with Crippen molar-refractivity contribution in [3.05, 3.63) is 36.9 Å². The van der Waals surface area contributed by atoms with Crippen molar-refractivity contribution in [1.82, 2.24) is 15.3 Å². The SMILES string of the molecule is C=CC(NCCC)c1ccncn1. The molecule has 0 aliphatic heterocycles. The zero-order valence-electron chi connectivity index (χ0n) is 7.90. The molecule has 3 nitrogen and oxygen atoms in total. The molecule has 0 aliphatic carbocycles. The molecule has 1 aromatic heterocycles. The number of hydrogen-bond donors (Lipinski definition) is 1. The van der Waals surface area contributed by atoms with E-state index in [1.807, 2.05) is 12.1 Å². The van der Waals surface area contributed by atoms with Crippen molar-refractivity contribution in [2.75, 3.05) is 6.54 Å². The molecular formula is C10H15N3. The molecule has 0 saturated heterocycles. The molecule has 0 spiro atoms. The van der Waals surface area contributed by atoms with Crippen LogP contribution in [-0.2, 0) is 0 Å². The molecule has 0 aliphatic rings. The first-order valence-electron chi connectivity index (χ1n) is 4.50. The van der Waals surface area contributed by atoms with Crippen LogP contribution in [-0.4, -0.2) is 16.5 Å². The standard InChI is InChI=1S/C10H15N3/c1-3-6-12-9(4-2)10-5-7-11-8-13-10/h4-5,7-9,12H,2-3,6H2,1H3. The van der Waals surface area contributed by atoms with Crippen LogP contribution in [0.2, 0.25) is 0 Å². The molecule has 1 heterocycles. The van der Waals surface area contributed by atoms with E-state index in [2.05, 4.69) is 28.8 Å². The lowest BCUT2D eigenvalue weighted by atomic mass is 10.2. The first-order valence-corrected chi connectivity index (χ1v) is 4.50. The average molecular weight is 177 g/mol. The molecule has 0 bridgehead atoms. The second-order valence-electron chi connectivity index (χ2n) is 2.80. The molecule has 1 unspecified atom stereocenters. The van der Waals surface area contributed by atoms with E-state index in [1.54, 1.807) is 12.5 Å². The largest absolute Gasteiger partial charge is 0.305 e. The molecule has 1 rings (SSSR count). The minimum atomic E-state index is 0.142. The zero-order valence-corrected chi connectivity index (χ0v) is 7.90. The highest BCUT2D eigenvalue weighted by Crippen LogP contribution is 2.08. The maximum absolute atomic E-state index is 4.16.